The van der Waals surface area contributed by atoms with Crippen LogP contribution in [-0.2, 0) is 9.53 Å². The average molecular weight is 223 g/mol. The lowest BCUT2D eigenvalue weighted by atomic mass is 10.0. The fraction of sp³-hybridized carbons (Fsp3) is 0.545. The van der Waals surface area contributed by atoms with E-state index in [1.165, 1.54) is 7.11 Å². The highest BCUT2D eigenvalue weighted by Crippen LogP contribution is 2.11. The average Bonchev–Trinajstić information content (AvgIpc) is 2.24. The maximum atomic E-state index is 11.5. The van der Waals surface area contributed by atoms with Gasteiger partial charge in [-0.05, 0) is 24.5 Å². The first-order valence-electron chi connectivity index (χ1n) is 5.18. The molecule has 1 atom stereocenters. The van der Waals surface area contributed by atoms with E-state index in [2.05, 4.69) is 15.5 Å². The summed E-state index contributed by atoms with van der Waals surface area (Å²) in [6.45, 7) is 5.80. The van der Waals surface area contributed by atoms with Crippen LogP contribution >= 0.6 is 0 Å². The zero-order valence-corrected chi connectivity index (χ0v) is 10.0. The molecule has 5 heteroatoms. The molecule has 0 amide bonds. The van der Waals surface area contributed by atoms with Crippen molar-refractivity contribution in [3.63, 3.8) is 0 Å². The topological polar surface area (TPSA) is 64.1 Å². The number of carbonyl (C=O) groups excluding carboxylic acids is 1. The molecule has 1 heterocycles. The number of aryl methyl sites for hydroxylation is 1. The minimum atomic E-state index is -0.402. The number of hydrogen-bond donors (Lipinski definition) is 1. The second-order valence-corrected chi connectivity index (χ2v) is 4.01. The van der Waals surface area contributed by atoms with Crippen LogP contribution in [0.25, 0.3) is 0 Å². The van der Waals surface area contributed by atoms with Gasteiger partial charge >= 0.3 is 5.97 Å². The SMILES string of the molecule is COC(=O)C(Nc1cc(C)cnn1)C(C)C. The number of nitrogens with zero attached hydrogens (tertiary/aromatic N) is 2. The van der Waals surface area contributed by atoms with Gasteiger partial charge in [0.15, 0.2) is 0 Å². The summed E-state index contributed by atoms with van der Waals surface area (Å²) in [5, 5.41) is 10.7. The van der Waals surface area contributed by atoms with Crippen LogP contribution in [-0.4, -0.2) is 29.3 Å². The van der Waals surface area contributed by atoms with Crippen molar-refractivity contribution in [3.05, 3.63) is 17.8 Å². The molecule has 0 aliphatic heterocycles. The summed E-state index contributed by atoms with van der Waals surface area (Å²) in [6.07, 6.45) is 1.66. The van der Waals surface area contributed by atoms with E-state index in [1.807, 2.05) is 26.8 Å². The van der Waals surface area contributed by atoms with E-state index in [0.717, 1.165) is 5.56 Å². The number of ether oxygens (including phenoxy) is 1. The number of rotatable bonds is 4. The fourth-order valence-corrected chi connectivity index (χ4v) is 1.32. The number of nitrogens with one attached hydrogen (secondary N) is 1. The van der Waals surface area contributed by atoms with Gasteiger partial charge in [-0.3, -0.25) is 0 Å². The van der Waals surface area contributed by atoms with E-state index in [1.54, 1.807) is 6.20 Å². The van der Waals surface area contributed by atoms with Crippen LogP contribution in [0, 0.1) is 12.8 Å². The summed E-state index contributed by atoms with van der Waals surface area (Å²) in [7, 11) is 1.38. The van der Waals surface area contributed by atoms with Gasteiger partial charge in [-0.1, -0.05) is 13.8 Å². The smallest absolute Gasteiger partial charge is 0.328 e. The molecule has 16 heavy (non-hydrogen) atoms. The Morgan fingerprint density at radius 3 is 2.69 bits per heavy atom. The summed E-state index contributed by atoms with van der Waals surface area (Å²) in [5.41, 5.74) is 0.991. The van der Waals surface area contributed by atoms with Crippen molar-refractivity contribution in [2.75, 3.05) is 12.4 Å². The molecule has 0 fully saturated rings. The van der Waals surface area contributed by atoms with Gasteiger partial charge in [0, 0.05) is 0 Å². The third kappa shape index (κ3) is 3.18. The summed E-state index contributed by atoms with van der Waals surface area (Å²) < 4.78 is 4.73. The maximum Gasteiger partial charge on any atom is 0.328 e. The molecular weight excluding hydrogens is 206 g/mol. The first kappa shape index (κ1) is 12.4. The van der Waals surface area contributed by atoms with Crippen LogP contribution in [0.2, 0.25) is 0 Å². The van der Waals surface area contributed by atoms with Crippen molar-refractivity contribution >= 4 is 11.8 Å². The fourth-order valence-electron chi connectivity index (χ4n) is 1.32. The van der Waals surface area contributed by atoms with E-state index in [4.69, 9.17) is 4.74 Å². The standard InChI is InChI=1S/C11H17N3O2/c1-7(2)10(11(15)16-4)13-9-5-8(3)6-12-14-9/h5-7,10H,1-4H3,(H,13,14). The van der Waals surface area contributed by atoms with E-state index in [-0.39, 0.29) is 11.9 Å². The van der Waals surface area contributed by atoms with Gasteiger partial charge in [-0.15, -0.1) is 5.10 Å². The minimum Gasteiger partial charge on any atom is -0.467 e. The highest BCUT2D eigenvalue weighted by atomic mass is 16.5. The molecule has 0 radical (unpaired) electrons. The van der Waals surface area contributed by atoms with Crippen LogP contribution in [0.3, 0.4) is 0 Å². The Kier molecular flexibility index (Phi) is 4.22. The summed E-state index contributed by atoms with van der Waals surface area (Å²) in [6, 6.07) is 1.44. The minimum absolute atomic E-state index is 0.120. The maximum absolute atomic E-state index is 11.5. The third-order valence-electron chi connectivity index (χ3n) is 2.22. The Morgan fingerprint density at radius 2 is 2.19 bits per heavy atom. The molecule has 0 spiro atoms. The molecule has 1 rings (SSSR count). The van der Waals surface area contributed by atoms with Crippen LogP contribution in [0.15, 0.2) is 12.3 Å². The Morgan fingerprint density at radius 1 is 1.50 bits per heavy atom. The van der Waals surface area contributed by atoms with Crippen LogP contribution in [0.4, 0.5) is 5.82 Å². The Hall–Kier alpha value is -1.65. The molecule has 1 N–H and O–H groups in total. The Bertz CT molecular complexity index is 366. The molecular formula is C11H17N3O2. The molecule has 0 saturated carbocycles. The first-order valence-corrected chi connectivity index (χ1v) is 5.18. The monoisotopic (exact) mass is 223 g/mol. The number of esters is 1. The predicted octanol–water partition coefficient (Wildman–Crippen LogP) is 1.39. The molecule has 1 unspecified atom stereocenters. The number of methoxy groups -OCH3 is 1. The molecule has 5 nitrogen and oxygen atoms in total. The van der Waals surface area contributed by atoms with Crippen molar-refractivity contribution in [2.45, 2.75) is 26.8 Å². The summed E-state index contributed by atoms with van der Waals surface area (Å²) in [5.74, 6) is 0.414. The van der Waals surface area contributed by atoms with E-state index in [0.29, 0.717) is 5.82 Å². The first-order chi connectivity index (χ1) is 7.54. The quantitative estimate of drug-likeness (QED) is 0.781. The van der Waals surface area contributed by atoms with Crippen LogP contribution in [0.5, 0.6) is 0 Å². The van der Waals surface area contributed by atoms with Crippen molar-refractivity contribution in [1.82, 2.24) is 10.2 Å². The van der Waals surface area contributed by atoms with Crippen molar-refractivity contribution in [1.29, 1.82) is 0 Å². The molecule has 0 saturated heterocycles. The van der Waals surface area contributed by atoms with Gasteiger partial charge in [0.05, 0.1) is 13.3 Å². The molecule has 0 aliphatic rings. The van der Waals surface area contributed by atoms with Gasteiger partial charge in [-0.25, -0.2) is 4.79 Å². The van der Waals surface area contributed by atoms with Gasteiger partial charge in [-0.2, -0.15) is 5.10 Å². The lowest BCUT2D eigenvalue weighted by Gasteiger charge is -2.19. The molecule has 0 aliphatic carbocycles. The lowest BCUT2D eigenvalue weighted by molar-refractivity contribution is -0.142. The second-order valence-electron chi connectivity index (χ2n) is 4.01. The number of carbonyl (C=O) groups is 1. The van der Waals surface area contributed by atoms with Gasteiger partial charge in [0.25, 0.3) is 0 Å². The molecule has 1 aromatic heterocycles. The van der Waals surface area contributed by atoms with Crippen molar-refractivity contribution in [2.24, 2.45) is 5.92 Å². The number of anilines is 1. The van der Waals surface area contributed by atoms with Crippen molar-refractivity contribution in [3.8, 4) is 0 Å². The number of hydrogen-bond acceptors (Lipinski definition) is 5. The number of aromatic nitrogens is 2. The molecule has 0 bridgehead atoms. The van der Waals surface area contributed by atoms with Gasteiger partial charge in [0.1, 0.15) is 11.9 Å². The molecule has 88 valence electrons. The van der Waals surface area contributed by atoms with Crippen molar-refractivity contribution < 1.29 is 9.53 Å². The lowest BCUT2D eigenvalue weighted by Crippen LogP contribution is -2.35. The molecule has 0 aromatic carbocycles. The van der Waals surface area contributed by atoms with E-state index < -0.39 is 6.04 Å². The molecule has 1 aromatic rings. The third-order valence-corrected chi connectivity index (χ3v) is 2.22. The Labute approximate surface area is 95.2 Å². The summed E-state index contributed by atoms with van der Waals surface area (Å²) >= 11 is 0. The van der Waals surface area contributed by atoms with Crippen LogP contribution < -0.4 is 5.32 Å². The second kappa shape index (κ2) is 5.44. The van der Waals surface area contributed by atoms with Crippen LogP contribution in [0.1, 0.15) is 19.4 Å². The highest BCUT2D eigenvalue weighted by molar-refractivity contribution is 5.79. The van der Waals surface area contributed by atoms with Gasteiger partial charge < -0.3 is 10.1 Å². The largest absolute Gasteiger partial charge is 0.467 e. The van der Waals surface area contributed by atoms with E-state index >= 15 is 0 Å². The highest BCUT2D eigenvalue weighted by Gasteiger charge is 2.23. The summed E-state index contributed by atoms with van der Waals surface area (Å²) in [4.78, 5) is 11.5. The zero-order chi connectivity index (χ0) is 12.1. The van der Waals surface area contributed by atoms with E-state index in [9.17, 15) is 4.79 Å². The van der Waals surface area contributed by atoms with Gasteiger partial charge in [0.2, 0.25) is 0 Å². The zero-order valence-electron chi connectivity index (χ0n) is 10.0. The normalized spacial score (nSPS) is 12.3. The Balaban J connectivity index is 2.79. The predicted molar refractivity (Wildman–Crippen MR) is 61.0 cm³/mol.